The summed E-state index contributed by atoms with van der Waals surface area (Å²) in [6, 6.07) is 12.8. The van der Waals surface area contributed by atoms with Crippen molar-refractivity contribution in [3.8, 4) is 5.75 Å². The minimum atomic E-state index is 0.190. The molecule has 0 aliphatic heterocycles. The van der Waals surface area contributed by atoms with Crippen LogP contribution in [0.25, 0.3) is 0 Å². The molecular formula is C22H29N3OS. The molecule has 0 bridgehead atoms. The Morgan fingerprint density at radius 3 is 2.59 bits per heavy atom. The molecule has 1 aromatic heterocycles. The molecule has 2 aromatic rings. The lowest BCUT2D eigenvalue weighted by Crippen LogP contribution is -2.45. The monoisotopic (exact) mass is 383 g/mol. The van der Waals surface area contributed by atoms with Gasteiger partial charge in [-0.15, -0.1) is 0 Å². The highest BCUT2D eigenvalue weighted by Crippen LogP contribution is 2.32. The maximum Gasteiger partial charge on any atom is 0.174 e. The van der Waals surface area contributed by atoms with E-state index in [4.69, 9.17) is 17.0 Å². The Hall–Kier alpha value is -2.14. The SMILES string of the molecule is CCOc1ccccc1NC(=S)N(C1CCCCC1)[C@H](C)c1ccncc1. The summed E-state index contributed by atoms with van der Waals surface area (Å²) in [4.78, 5) is 6.54. The molecule has 0 amide bonds. The summed E-state index contributed by atoms with van der Waals surface area (Å²) in [5.41, 5.74) is 2.16. The molecule has 1 atom stereocenters. The highest BCUT2D eigenvalue weighted by Gasteiger charge is 2.28. The van der Waals surface area contributed by atoms with E-state index in [9.17, 15) is 0 Å². The van der Waals surface area contributed by atoms with Crippen molar-refractivity contribution in [3.63, 3.8) is 0 Å². The number of para-hydroxylation sites is 2. The Labute approximate surface area is 167 Å². The van der Waals surface area contributed by atoms with Crippen LogP contribution in [-0.4, -0.2) is 27.6 Å². The molecule has 4 nitrogen and oxygen atoms in total. The van der Waals surface area contributed by atoms with E-state index in [0.29, 0.717) is 12.6 Å². The number of pyridine rings is 1. The fraction of sp³-hybridized carbons (Fsp3) is 0.455. The molecular weight excluding hydrogens is 354 g/mol. The maximum atomic E-state index is 5.90. The number of hydrogen-bond donors (Lipinski definition) is 1. The van der Waals surface area contributed by atoms with Gasteiger partial charge in [-0.05, 0) is 68.7 Å². The Morgan fingerprint density at radius 1 is 1.19 bits per heavy atom. The molecule has 1 aliphatic carbocycles. The first-order chi connectivity index (χ1) is 13.2. The van der Waals surface area contributed by atoms with Crippen molar-refractivity contribution in [1.29, 1.82) is 0 Å². The van der Waals surface area contributed by atoms with E-state index in [0.717, 1.165) is 16.5 Å². The van der Waals surface area contributed by atoms with Crippen molar-refractivity contribution in [2.24, 2.45) is 0 Å². The lowest BCUT2D eigenvalue weighted by molar-refractivity contribution is 0.203. The van der Waals surface area contributed by atoms with Crippen LogP contribution in [0.1, 0.15) is 57.6 Å². The first-order valence-corrected chi connectivity index (χ1v) is 10.3. The summed E-state index contributed by atoms with van der Waals surface area (Å²) in [7, 11) is 0. The van der Waals surface area contributed by atoms with Crippen molar-refractivity contribution in [2.75, 3.05) is 11.9 Å². The van der Waals surface area contributed by atoms with Gasteiger partial charge < -0.3 is 15.0 Å². The normalized spacial score (nSPS) is 15.8. The van der Waals surface area contributed by atoms with Crippen LogP contribution in [-0.2, 0) is 0 Å². The molecule has 144 valence electrons. The van der Waals surface area contributed by atoms with Gasteiger partial charge in [-0.25, -0.2) is 0 Å². The lowest BCUT2D eigenvalue weighted by atomic mass is 9.92. The Balaban J connectivity index is 1.84. The maximum absolute atomic E-state index is 5.90. The summed E-state index contributed by atoms with van der Waals surface area (Å²) < 4.78 is 5.76. The summed E-state index contributed by atoms with van der Waals surface area (Å²) >= 11 is 5.90. The molecule has 0 saturated heterocycles. The van der Waals surface area contributed by atoms with Gasteiger partial charge in [0.25, 0.3) is 0 Å². The zero-order valence-corrected chi connectivity index (χ0v) is 17.0. The van der Waals surface area contributed by atoms with Crippen LogP contribution in [0.3, 0.4) is 0 Å². The Bertz CT molecular complexity index is 731. The van der Waals surface area contributed by atoms with Gasteiger partial charge in [0.1, 0.15) is 5.75 Å². The summed E-state index contributed by atoms with van der Waals surface area (Å²) in [5.74, 6) is 0.836. The second kappa shape index (κ2) is 9.70. The Morgan fingerprint density at radius 2 is 1.89 bits per heavy atom. The number of thiocarbonyl (C=S) groups is 1. The fourth-order valence-electron chi connectivity index (χ4n) is 3.85. The molecule has 1 saturated carbocycles. The van der Waals surface area contributed by atoms with Gasteiger partial charge >= 0.3 is 0 Å². The number of aromatic nitrogens is 1. The molecule has 3 rings (SSSR count). The third kappa shape index (κ3) is 4.98. The molecule has 1 N–H and O–H groups in total. The summed E-state index contributed by atoms with van der Waals surface area (Å²) in [6.07, 6.45) is 9.93. The number of nitrogens with one attached hydrogen (secondary N) is 1. The van der Waals surface area contributed by atoms with Gasteiger partial charge in [0, 0.05) is 18.4 Å². The van der Waals surface area contributed by atoms with E-state index in [-0.39, 0.29) is 6.04 Å². The molecule has 0 radical (unpaired) electrons. The van der Waals surface area contributed by atoms with Crippen molar-refractivity contribution >= 4 is 23.0 Å². The van der Waals surface area contributed by atoms with Crippen molar-refractivity contribution in [2.45, 2.75) is 58.0 Å². The standard InChI is InChI=1S/C22H29N3OS/c1-3-26-21-12-8-7-11-20(21)24-22(27)25(19-9-5-4-6-10-19)17(2)18-13-15-23-16-14-18/h7-8,11-17,19H,3-6,9-10H2,1-2H3,(H,24,27)/t17-/m1/s1. The number of anilines is 1. The van der Waals surface area contributed by atoms with Crippen molar-refractivity contribution in [1.82, 2.24) is 9.88 Å². The van der Waals surface area contributed by atoms with Crippen LogP contribution in [0, 0.1) is 0 Å². The minimum Gasteiger partial charge on any atom is -0.492 e. The third-order valence-corrected chi connectivity index (χ3v) is 5.55. The predicted octanol–water partition coefficient (Wildman–Crippen LogP) is 5.57. The van der Waals surface area contributed by atoms with Gasteiger partial charge in [0.05, 0.1) is 18.3 Å². The van der Waals surface area contributed by atoms with E-state index in [2.05, 4.69) is 34.3 Å². The average molecular weight is 384 g/mol. The second-order valence-corrected chi connectivity index (χ2v) is 7.40. The van der Waals surface area contributed by atoms with Gasteiger partial charge in [-0.1, -0.05) is 31.4 Å². The smallest absolute Gasteiger partial charge is 0.174 e. The molecule has 1 aromatic carbocycles. The fourth-order valence-corrected chi connectivity index (χ4v) is 4.27. The van der Waals surface area contributed by atoms with Crippen LogP contribution in [0.15, 0.2) is 48.8 Å². The highest BCUT2D eigenvalue weighted by molar-refractivity contribution is 7.80. The second-order valence-electron chi connectivity index (χ2n) is 7.01. The number of rotatable bonds is 6. The first kappa shape index (κ1) is 19.6. The van der Waals surface area contributed by atoms with E-state index in [1.54, 1.807) is 0 Å². The van der Waals surface area contributed by atoms with Crippen LogP contribution in [0.4, 0.5) is 5.69 Å². The van der Waals surface area contributed by atoms with Crippen LogP contribution < -0.4 is 10.1 Å². The zero-order chi connectivity index (χ0) is 19.1. The van der Waals surface area contributed by atoms with Gasteiger partial charge in [-0.2, -0.15) is 0 Å². The van der Waals surface area contributed by atoms with Gasteiger partial charge in [0.15, 0.2) is 5.11 Å². The molecule has 1 heterocycles. The zero-order valence-electron chi connectivity index (χ0n) is 16.2. The molecule has 5 heteroatoms. The van der Waals surface area contributed by atoms with E-state index >= 15 is 0 Å². The van der Waals surface area contributed by atoms with Crippen LogP contribution >= 0.6 is 12.2 Å². The molecule has 1 aliphatic rings. The van der Waals surface area contributed by atoms with Gasteiger partial charge in [-0.3, -0.25) is 4.98 Å². The largest absolute Gasteiger partial charge is 0.492 e. The van der Waals surface area contributed by atoms with Crippen LogP contribution in [0.5, 0.6) is 5.75 Å². The highest BCUT2D eigenvalue weighted by atomic mass is 32.1. The molecule has 0 unspecified atom stereocenters. The summed E-state index contributed by atoms with van der Waals surface area (Å²) in [5, 5.41) is 4.22. The average Bonchev–Trinajstić information content (AvgIpc) is 2.71. The molecule has 1 fully saturated rings. The van der Waals surface area contributed by atoms with E-state index in [1.165, 1.54) is 37.7 Å². The molecule has 27 heavy (non-hydrogen) atoms. The number of hydrogen-bond acceptors (Lipinski definition) is 3. The first-order valence-electron chi connectivity index (χ1n) is 9.91. The molecule has 0 spiro atoms. The Kier molecular flexibility index (Phi) is 7.04. The number of ether oxygens (including phenoxy) is 1. The van der Waals surface area contributed by atoms with Crippen molar-refractivity contribution < 1.29 is 4.74 Å². The van der Waals surface area contributed by atoms with E-state index < -0.39 is 0 Å². The topological polar surface area (TPSA) is 37.4 Å². The van der Waals surface area contributed by atoms with Gasteiger partial charge in [0.2, 0.25) is 0 Å². The predicted molar refractivity (Wildman–Crippen MR) is 115 cm³/mol. The lowest BCUT2D eigenvalue weighted by Gasteiger charge is -2.40. The third-order valence-electron chi connectivity index (χ3n) is 5.24. The number of nitrogens with zero attached hydrogens (tertiary/aromatic N) is 2. The number of benzene rings is 1. The van der Waals surface area contributed by atoms with E-state index in [1.807, 2.05) is 43.6 Å². The minimum absolute atomic E-state index is 0.190. The van der Waals surface area contributed by atoms with Crippen molar-refractivity contribution in [3.05, 3.63) is 54.4 Å². The quantitative estimate of drug-likeness (QED) is 0.660. The van der Waals surface area contributed by atoms with Crippen LogP contribution in [0.2, 0.25) is 0 Å². The summed E-state index contributed by atoms with van der Waals surface area (Å²) in [6.45, 7) is 4.85.